The first-order valence-corrected chi connectivity index (χ1v) is 15.8. The fraction of sp³-hybridized carbons (Fsp3) is 0.667. The third kappa shape index (κ3) is 7.04. The molecule has 0 atom stereocenters. The van der Waals surface area contributed by atoms with Crippen LogP contribution in [0.3, 0.4) is 0 Å². The van der Waals surface area contributed by atoms with Crippen molar-refractivity contribution in [1.82, 2.24) is 0 Å². The SMILES string of the molecule is OP(O)O.c1cc[c]([Bi]([CH]2CCCCC2)[CH]2CCCCC2)cc1. The van der Waals surface area contributed by atoms with Crippen molar-refractivity contribution in [1.29, 1.82) is 0 Å². The molecule has 0 heterocycles. The minimum absolute atomic E-state index is 1.18. The average molecular weight is 534 g/mol. The van der Waals surface area contributed by atoms with Gasteiger partial charge >= 0.3 is 135 Å². The zero-order valence-corrected chi connectivity index (χ0v) is 18.2. The van der Waals surface area contributed by atoms with E-state index < -0.39 is 30.4 Å². The van der Waals surface area contributed by atoms with Crippen LogP contribution in [0, 0.1) is 0 Å². The summed E-state index contributed by atoms with van der Waals surface area (Å²) in [5.41, 5.74) is 0. The molecule has 130 valence electrons. The van der Waals surface area contributed by atoms with E-state index in [0.717, 1.165) is 0 Å². The normalized spacial score (nSPS) is 20.4. The summed E-state index contributed by atoms with van der Waals surface area (Å²) in [6, 6.07) is 11.8. The Morgan fingerprint density at radius 3 is 1.48 bits per heavy atom. The molecule has 0 saturated heterocycles. The molecular formula is C18H30BiO3P. The molecule has 0 radical (unpaired) electrons. The van der Waals surface area contributed by atoms with Gasteiger partial charge in [0.05, 0.1) is 0 Å². The topological polar surface area (TPSA) is 60.7 Å². The average Bonchev–Trinajstić information content (AvgIpc) is 2.58. The first kappa shape index (κ1) is 19.7. The number of hydrogen-bond acceptors (Lipinski definition) is 3. The summed E-state index contributed by atoms with van der Waals surface area (Å²) in [7, 11) is -2.62. The minimum atomic E-state index is -2.62. The van der Waals surface area contributed by atoms with Gasteiger partial charge in [0.15, 0.2) is 0 Å². The van der Waals surface area contributed by atoms with Gasteiger partial charge < -0.3 is 14.7 Å². The van der Waals surface area contributed by atoms with E-state index in [-0.39, 0.29) is 0 Å². The molecule has 5 heteroatoms. The molecular weight excluding hydrogens is 504 g/mol. The molecule has 2 fully saturated rings. The molecule has 2 aliphatic rings. The maximum absolute atomic E-state index is 7.23. The molecule has 0 aliphatic heterocycles. The standard InChI is InChI=1S/2C6H11.C6H5.Bi.H3O3P/c3*1-2-4-6-5-3-1;;1-4(2)3/h2*1H,2-6H2;1-5H;;1-3H. The first-order chi connectivity index (χ1) is 11.2. The molecule has 0 bridgehead atoms. The van der Waals surface area contributed by atoms with E-state index in [1.54, 1.807) is 25.7 Å². The van der Waals surface area contributed by atoms with Crippen LogP contribution in [0.4, 0.5) is 0 Å². The van der Waals surface area contributed by atoms with Crippen molar-refractivity contribution in [2.45, 2.75) is 71.5 Å². The Morgan fingerprint density at radius 2 is 1.09 bits per heavy atom. The second kappa shape index (κ2) is 11.1. The van der Waals surface area contributed by atoms with Gasteiger partial charge in [0, 0.05) is 0 Å². The predicted molar refractivity (Wildman–Crippen MR) is 99.1 cm³/mol. The second-order valence-corrected chi connectivity index (χ2v) is 18.0. The van der Waals surface area contributed by atoms with Gasteiger partial charge in [-0.05, 0) is 0 Å². The Morgan fingerprint density at radius 1 is 0.696 bits per heavy atom. The fourth-order valence-corrected chi connectivity index (χ4v) is 18.8. The second-order valence-electron chi connectivity index (χ2n) is 6.59. The Kier molecular flexibility index (Phi) is 9.53. The monoisotopic (exact) mass is 534 g/mol. The van der Waals surface area contributed by atoms with E-state index >= 15 is 0 Å². The molecule has 0 amide bonds. The third-order valence-electron chi connectivity index (χ3n) is 4.99. The molecule has 3 nitrogen and oxygen atoms in total. The Labute approximate surface area is 149 Å². The number of hydrogen-bond donors (Lipinski definition) is 3. The zero-order valence-electron chi connectivity index (χ0n) is 13.8. The van der Waals surface area contributed by atoms with Crippen molar-refractivity contribution in [3.05, 3.63) is 30.3 Å². The summed E-state index contributed by atoms with van der Waals surface area (Å²) < 4.78 is 4.19. The Bertz CT molecular complexity index is 397. The van der Waals surface area contributed by atoms with Gasteiger partial charge in [0.1, 0.15) is 0 Å². The number of benzene rings is 1. The van der Waals surface area contributed by atoms with Crippen LogP contribution < -0.4 is 3.27 Å². The van der Waals surface area contributed by atoms with Gasteiger partial charge in [-0.2, -0.15) is 0 Å². The van der Waals surface area contributed by atoms with E-state index in [0.29, 0.717) is 0 Å². The Hall–Kier alpha value is 0.413. The van der Waals surface area contributed by atoms with Gasteiger partial charge in [0.2, 0.25) is 0 Å². The van der Waals surface area contributed by atoms with Crippen LogP contribution in [-0.2, 0) is 0 Å². The first-order valence-electron chi connectivity index (χ1n) is 8.88. The number of rotatable bonds is 3. The Balaban J connectivity index is 0.000000433. The molecule has 0 unspecified atom stereocenters. The van der Waals surface area contributed by atoms with Crippen molar-refractivity contribution in [3.8, 4) is 0 Å². The summed E-state index contributed by atoms with van der Waals surface area (Å²) in [4.78, 5) is 21.7. The molecule has 1 aromatic carbocycles. The van der Waals surface area contributed by atoms with Gasteiger partial charge in [-0.15, -0.1) is 0 Å². The molecule has 23 heavy (non-hydrogen) atoms. The molecule has 1 aromatic rings. The van der Waals surface area contributed by atoms with Crippen molar-refractivity contribution >= 4 is 33.6 Å². The van der Waals surface area contributed by atoms with Crippen LogP contribution in [0.2, 0.25) is 7.25 Å². The molecule has 3 N–H and O–H groups in total. The van der Waals surface area contributed by atoms with Crippen LogP contribution in [-0.4, -0.2) is 36.4 Å². The molecule has 0 spiro atoms. The van der Waals surface area contributed by atoms with Gasteiger partial charge in [-0.1, -0.05) is 0 Å². The third-order valence-corrected chi connectivity index (χ3v) is 18.6. The quantitative estimate of drug-likeness (QED) is 0.402. The van der Waals surface area contributed by atoms with Crippen LogP contribution >= 0.6 is 8.60 Å². The maximum atomic E-state index is 7.23. The van der Waals surface area contributed by atoms with E-state index in [1.165, 1.54) is 45.8 Å². The molecule has 2 aliphatic carbocycles. The summed E-state index contributed by atoms with van der Waals surface area (Å²) >= 11 is -1.51. The van der Waals surface area contributed by atoms with Crippen molar-refractivity contribution in [2.24, 2.45) is 0 Å². The van der Waals surface area contributed by atoms with E-state index in [2.05, 4.69) is 30.3 Å². The summed E-state index contributed by atoms with van der Waals surface area (Å²) in [5, 5.41) is 0. The molecule has 2 saturated carbocycles. The van der Waals surface area contributed by atoms with Crippen LogP contribution in [0.1, 0.15) is 64.2 Å². The van der Waals surface area contributed by atoms with E-state index in [1.807, 2.05) is 3.27 Å². The van der Waals surface area contributed by atoms with Gasteiger partial charge in [-0.3, -0.25) is 0 Å². The van der Waals surface area contributed by atoms with Gasteiger partial charge in [0.25, 0.3) is 0 Å². The summed E-state index contributed by atoms with van der Waals surface area (Å²) in [5.74, 6) is 0. The zero-order chi connectivity index (χ0) is 16.5. The summed E-state index contributed by atoms with van der Waals surface area (Å²) in [6.07, 6.45) is 15.4. The van der Waals surface area contributed by atoms with Gasteiger partial charge in [-0.25, -0.2) is 0 Å². The molecule has 0 aromatic heterocycles. The summed E-state index contributed by atoms with van der Waals surface area (Å²) in [6.45, 7) is 0. The molecule has 3 rings (SSSR count). The van der Waals surface area contributed by atoms with Crippen molar-refractivity contribution in [3.63, 3.8) is 0 Å². The van der Waals surface area contributed by atoms with Crippen LogP contribution in [0.5, 0.6) is 0 Å². The van der Waals surface area contributed by atoms with Crippen molar-refractivity contribution < 1.29 is 14.7 Å². The van der Waals surface area contributed by atoms with Crippen LogP contribution in [0.15, 0.2) is 30.3 Å². The van der Waals surface area contributed by atoms with Crippen LogP contribution in [0.25, 0.3) is 0 Å². The van der Waals surface area contributed by atoms with E-state index in [4.69, 9.17) is 14.7 Å². The van der Waals surface area contributed by atoms with Crippen molar-refractivity contribution in [2.75, 3.05) is 0 Å². The fourth-order valence-electron chi connectivity index (χ4n) is 4.04. The predicted octanol–water partition coefficient (Wildman–Crippen LogP) is 4.25. The van der Waals surface area contributed by atoms with E-state index in [9.17, 15) is 0 Å².